The highest BCUT2D eigenvalue weighted by Crippen LogP contribution is 2.33. The Morgan fingerprint density at radius 2 is 2.25 bits per heavy atom. The molecule has 0 aliphatic carbocycles. The second-order valence-electron chi connectivity index (χ2n) is 3.75. The largest absolute Gasteiger partial charge is 0.495 e. The predicted octanol–water partition coefficient (Wildman–Crippen LogP) is 1.59. The Labute approximate surface area is 94.6 Å². The number of hydrogen-bond donors (Lipinski definition) is 1. The smallest absolute Gasteiger partial charge is 0.328 e. The summed E-state index contributed by atoms with van der Waals surface area (Å²) < 4.78 is 10.00. The number of anilines is 1. The van der Waals surface area contributed by atoms with Crippen molar-refractivity contribution >= 4 is 11.7 Å². The van der Waals surface area contributed by atoms with Gasteiger partial charge in [0.2, 0.25) is 0 Å². The second kappa shape index (κ2) is 4.43. The third kappa shape index (κ3) is 1.83. The van der Waals surface area contributed by atoms with E-state index >= 15 is 0 Å². The first-order chi connectivity index (χ1) is 7.76. The quantitative estimate of drug-likeness (QED) is 0.770. The molecule has 16 heavy (non-hydrogen) atoms. The lowest BCUT2D eigenvalue weighted by molar-refractivity contribution is -0.141. The Morgan fingerprint density at radius 1 is 1.44 bits per heavy atom. The highest BCUT2D eigenvalue weighted by atomic mass is 16.5. The highest BCUT2D eigenvalue weighted by molar-refractivity contribution is 5.81. The average molecular weight is 221 g/mol. The number of para-hydroxylation sites is 1. The molecule has 0 amide bonds. The number of carbonyl (C=O) groups is 1. The minimum absolute atomic E-state index is 0.225. The molecule has 1 aromatic rings. The number of carbonyl (C=O) groups excluding carboxylic acids is 1. The molecule has 1 N–H and O–H groups in total. The molecule has 1 aromatic carbocycles. The maximum Gasteiger partial charge on any atom is 0.328 e. The fourth-order valence-electron chi connectivity index (χ4n) is 1.98. The van der Waals surface area contributed by atoms with Crippen molar-refractivity contribution in [1.82, 2.24) is 0 Å². The van der Waals surface area contributed by atoms with E-state index in [-0.39, 0.29) is 12.0 Å². The summed E-state index contributed by atoms with van der Waals surface area (Å²) in [5.74, 6) is 0.544. The van der Waals surface area contributed by atoms with E-state index in [4.69, 9.17) is 9.47 Å². The van der Waals surface area contributed by atoms with E-state index in [2.05, 4.69) is 5.32 Å². The van der Waals surface area contributed by atoms with Gasteiger partial charge in [-0.1, -0.05) is 12.1 Å². The van der Waals surface area contributed by atoms with Crippen LogP contribution in [0.1, 0.15) is 12.0 Å². The maximum absolute atomic E-state index is 11.5. The van der Waals surface area contributed by atoms with Crippen molar-refractivity contribution in [3.8, 4) is 5.75 Å². The first kappa shape index (κ1) is 10.8. The van der Waals surface area contributed by atoms with Gasteiger partial charge in [-0.15, -0.1) is 0 Å². The molecule has 86 valence electrons. The number of esters is 1. The van der Waals surface area contributed by atoms with E-state index in [1.807, 2.05) is 18.2 Å². The number of rotatable bonds is 2. The summed E-state index contributed by atoms with van der Waals surface area (Å²) in [4.78, 5) is 11.5. The van der Waals surface area contributed by atoms with E-state index in [9.17, 15) is 4.79 Å². The molecule has 0 bridgehead atoms. The fourth-order valence-corrected chi connectivity index (χ4v) is 1.98. The highest BCUT2D eigenvalue weighted by Gasteiger charge is 2.26. The van der Waals surface area contributed by atoms with Crippen LogP contribution in [0.3, 0.4) is 0 Å². The predicted molar refractivity (Wildman–Crippen MR) is 60.7 cm³/mol. The molecule has 0 fully saturated rings. The van der Waals surface area contributed by atoms with Gasteiger partial charge in [0.25, 0.3) is 0 Å². The third-order valence-corrected chi connectivity index (χ3v) is 2.84. The summed E-state index contributed by atoms with van der Waals surface area (Å²) in [6.45, 7) is 0. The SMILES string of the molecule is COC(=O)C1CCc2cccc(OC)c2N1. The molecule has 4 nitrogen and oxygen atoms in total. The van der Waals surface area contributed by atoms with Crippen LogP contribution in [0.4, 0.5) is 5.69 Å². The van der Waals surface area contributed by atoms with Gasteiger partial charge < -0.3 is 14.8 Å². The van der Waals surface area contributed by atoms with Gasteiger partial charge in [-0.05, 0) is 24.5 Å². The molecule has 1 heterocycles. The van der Waals surface area contributed by atoms with Gasteiger partial charge in [-0.25, -0.2) is 4.79 Å². The summed E-state index contributed by atoms with van der Waals surface area (Å²) in [6, 6.07) is 5.61. The van der Waals surface area contributed by atoms with Crippen LogP contribution in [0, 0.1) is 0 Å². The van der Waals surface area contributed by atoms with Gasteiger partial charge in [-0.3, -0.25) is 0 Å². The van der Waals surface area contributed by atoms with Crippen molar-refractivity contribution in [2.75, 3.05) is 19.5 Å². The number of methoxy groups -OCH3 is 2. The zero-order valence-corrected chi connectivity index (χ0v) is 9.45. The molecule has 0 spiro atoms. The monoisotopic (exact) mass is 221 g/mol. The van der Waals surface area contributed by atoms with Crippen molar-refractivity contribution in [2.24, 2.45) is 0 Å². The molecule has 4 heteroatoms. The number of nitrogens with one attached hydrogen (secondary N) is 1. The number of ether oxygens (including phenoxy) is 2. The lowest BCUT2D eigenvalue weighted by Gasteiger charge is -2.26. The normalized spacial score (nSPS) is 18.2. The first-order valence-corrected chi connectivity index (χ1v) is 5.26. The van der Waals surface area contributed by atoms with Gasteiger partial charge in [0.05, 0.1) is 19.9 Å². The van der Waals surface area contributed by atoms with Crippen molar-refractivity contribution in [1.29, 1.82) is 0 Å². The van der Waals surface area contributed by atoms with Gasteiger partial charge in [0.15, 0.2) is 0 Å². The Balaban J connectivity index is 2.27. The summed E-state index contributed by atoms with van der Waals surface area (Å²) in [5, 5.41) is 3.17. The molecule has 0 saturated heterocycles. The molecule has 1 unspecified atom stereocenters. The Morgan fingerprint density at radius 3 is 2.94 bits per heavy atom. The third-order valence-electron chi connectivity index (χ3n) is 2.84. The molecule has 0 aromatic heterocycles. The van der Waals surface area contributed by atoms with Crippen LogP contribution >= 0.6 is 0 Å². The van der Waals surface area contributed by atoms with E-state index in [0.29, 0.717) is 0 Å². The van der Waals surface area contributed by atoms with Crippen molar-refractivity contribution in [3.05, 3.63) is 23.8 Å². The molecule has 1 atom stereocenters. The van der Waals surface area contributed by atoms with E-state index < -0.39 is 0 Å². The zero-order valence-electron chi connectivity index (χ0n) is 9.45. The van der Waals surface area contributed by atoms with Crippen LogP contribution in [0.2, 0.25) is 0 Å². The number of benzene rings is 1. The topological polar surface area (TPSA) is 47.6 Å². The lowest BCUT2D eigenvalue weighted by atomic mass is 9.97. The Bertz CT molecular complexity index is 389. The van der Waals surface area contributed by atoms with Crippen molar-refractivity contribution in [3.63, 3.8) is 0 Å². The van der Waals surface area contributed by atoms with E-state index in [1.165, 1.54) is 12.7 Å². The van der Waals surface area contributed by atoms with Crippen LogP contribution < -0.4 is 10.1 Å². The summed E-state index contributed by atoms with van der Waals surface area (Å²) >= 11 is 0. The summed E-state index contributed by atoms with van der Waals surface area (Å²) in [7, 11) is 3.03. The Kier molecular flexibility index (Phi) is 2.99. The van der Waals surface area contributed by atoms with E-state index in [1.54, 1.807) is 7.11 Å². The van der Waals surface area contributed by atoms with Crippen LogP contribution in [0.15, 0.2) is 18.2 Å². The van der Waals surface area contributed by atoms with Crippen LogP contribution in [0.25, 0.3) is 0 Å². The molecular formula is C12H15NO3. The molecule has 2 rings (SSSR count). The van der Waals surface area contributed by atoms with Crippen LogP contribution in [0.5, 0.6) is 5.75 Å². The molecule has 0 radical (unpaired) electrons. The standard InChI is InChI=1S/C12H15NO3/c1-15-10-5-3-4-8-6-7-9(12(14)16-2)13-11(8)10/h3-5,9,13H,6-7H2,1-2H3. The van der Waals surface area contributed by atoms with Gasteiger partial charge >= 0.3 is 5.97 Å². The zero-order chi connectivity index (χ0) is 11.5. The molecule has 1 aliphatic heterocycles. The number of hydrogen-bond acceptors (Lipinski definition) is 4. The second-order valence-corrected chi connectivity index (χ2v) is 3.75. The minimum atomic E-state index is -0.270. The van der Waals surface area contributed by atoms with Crippen molar-refractivity contribution in [2.45, 2.75) is 18.9 Å². The first-order valence-electron chi connectivity index (χ1n) is 5.26. The van der Waals surface area contributed by atoms with Crippen LogP contribution in [-0.2, 0) is 16.0 Å². The number of aryl methyl sites for hydroxylation is 1. The van der Waals surface area contributed by atoms with Gasteiger partial charge in [0, 0.05) is 0 Å². The minimum Gasteiger partial charge on any atom is -0.495 e. The summed E-state index contributed by atoms with van der Waals surface area (Å²) in [6.07, 6.45) is 1.62. The lowest BCUT2D eigenvalue weighted by Crippen LogP contribution is -2.34. The fraction of sp³-hybridized carbons (Fsp3) is 0.417. The Hall–Kier alpha value is -1.71. The van der Waals surface area contributed by atoms with Gasteiger partial charge in [-0.2, -0.15) is 0 Å². The van der Waals surface area contributed by atoms with Gasteiger partial charge in [0.1, 0.15) is 11.8 Å². The van der Waals surface area contributed by atoms with E-state index in [0.717, 1.165) is 24.3 Å². The number of fused-ring (bicyclic) bond motifs is 1. The summed E-state index contributed by atoms with van der Waals surface area (Å²) in [5.41, 5.74) is 2.09. The molecule has 1 aliphatic rings. The molecule has 0 saturated carbocycles. The van der Waals surface area contributed by atoms with Crippen LogP contribution in [-0.4, -0.2) is 26.2 Å². The molecular weight excluding hydrogens is 206 g/mol. The maximum atomic E-state index is 11.5. The average Bonchev–Trinajstić information content (AvgIpc) is 2.36. The van der Waals surface area contributed by atoms with Crippen molar-refractivity contribution < 1.29 is 14.3 Å².